The number of rotatable bonds is 5. The second-order valence-electron chi connectivity index (χ2n) is 3.75. The molecule has 1 heterocycles. The van der Waals surface area contributed by atoms with Crippen molar-refractivity contribution >= 4 is 23.3 Å². The summed E-state index contributed by atoms with van der Waals surface area (Å²) < 4.78 is 0. The van der Waals surface area contributed by atoms with Gasteiger partial charge in [0, 0.05) is 6.04 Å². The third kappa shape index (κ3) is 4.00. The highest BCUT2D eigenvalue weighted by atomic mass is 32.2. The van der Waals surface area contributed by atoms with Crippen molar-refractivity contribution in [1.82, 2.24) is 4.98 Å². The molecule has 84 valence electrons. The number of pyridine rings is 1. The topological polar surface area (TPSA) is 50.9 Å². The maximum Gasteiger partial charge on any atom is 0.126 e. The number of aromatic nitrogens is 1. The first-order valence-electron chi connectivity index (χ1n) is 5.11. The second kappa shape index (κ2) is 5.85. The molecule has 1 atom stereocenters. The quantitative estimate of drug-likeness (QED) is 0.808. The molecule has 1 unspecified atom stereocenters. The van der Waals surface area contributed by atoms with Crippen molar-refractivity contribution in [3.8, 4) is 0 Å². The third-order valence-electron chi connectivity index (χ3n) is 2.30. The molecule has 1 aromatic rings. The van der Waals surface area contributed by atoms with Crippen LogP contribution >= 0.6 is 11.8 Å². The summed E-state index contributed by atoms with van der Waals surface area (Å²) in [5.74, 6) is 2.08. The van der Waals surface area contributed by atoms with Crippen molar-refractivity contribution in [2.75, 3.05) is 23.1 Å². The van der Waals surface area contributed by atoms with Crippen LogP contribution in [0.2, 0.25) is 0 Å². The number of aryl methyl sites for hydroxylation is 1. The fraction of sp³-hybridized carbons (Fsp3) is 0.545. The first-order valence-corrected chi connectivity index (χ1v) is 6.50. The number of nitrogens with two attached hydrogens (primary N) is 1. The second-order valence-corrected chi connectivity index (χ2v) is 4.74. The van der Waals surface area contributed by atoms with Gasteiger partial charge in [0.05, 0.1) is 11.9 Å². The molecule has 3 nitrogen and oxygen atoms in total. The largest absolute Gasteiger partial charge is 0.397 e. The number of thioether (sulfide) groups is 1. The van der Waals surface area contributed by atoms with Gasteiger partial charge in [0.25, 0.3) is 0 Å². The molecule has 0 aromatic carbocycles. The number of nitrogen functional groups attached to an aromatic ring is 1. The van der Waals surface area contributed by atoms with Gasteiger partial charge in [-0.25, -0.2) is 4.98 Å². The maximum absolute atomic E-state index is 5.71. The molecule has 3 N–H and O–H groups in total. The van der Waals surface area contributed by atoms with Crippen LogP contribution in [0.15, 0.2) is 12.3 Å². The highest BCUT2D eigenvalue weighted by Crippen LogP contribution is 2.14. The molecule has 0 radical (unpaired) electrons. The van der Waals surface area contributed by atoms with E-state index in [2.05, 4.69) is 23.5 Å². The van der Waals surface area contributed by atoms with Gasteiger partial charge in [-0.3, -0.25) is 0 Å². The van der Waals surface area contributed by atoms with Crippen LogP contribution in [-0.2, 0) is 0 Å². The summed E-state index contributed by atoms with van der Waals surface area (Å²) in [5.41, 5.74) is 7.53. The van der Waals surface area contributed by atoms with E-state index in [1.807, 2.05) is 24.8 Å². The van der Waals surface area contributed by atoms with Crippen LogP contribution in [0.1, 0.15) is 18.9 Å². The highest BCUT2D eigenvalue weighted by molar-refractivity contribution is 7.98. The number of nitrogens with zero attached hydrogens (tertiary/aromatic N) is 1. The van der Waals surface area contributed by atoms with Gasteiger partial charge < -0.3 is 11.1 Å². The molecule has 0 spiro atoms. The normalized spacial score (nSPS) is 12.5. The van der Waals surface area contributed by atoms with E-state index in [9.17, 15) is 0 Å². The molecule has 4 heteroatoms. The Hall–Kier alpha value is -0.900. The molecular weight excluding hydrogens is 206 g/mol. The Bertz CT molecular complexity index is 315. The number of anilines is 2. The minimum absolute atomic E-state index is 0.452. The van der Waals surface area contributed by atoms with Crippen LogP contribution < -0.4 is 11.1 Å². The summed E-state index contributed by atoms with van der Waals surface area (Å²) in [4.78, 5) is 4.24. The number of hydrogen-bond donors (Lipinski definition) is 2. The summed E-state index contributed by atoms with van der Waals surface area (Å²) in [5, 5.41) is 3.36. The zero-order valence-electron chi connectivity index (χ0n) is 9.58. The molecule has 0 aliphatic carbocycles. The van der Waals surface area contributed by atoms with Gasteiger partial charge in [0.15, 0.2) is 0 Å². The zero-order chi connectivity index (χ0) is 11.3. The predicted octanol–water partition coefficient (Wildman–Crippen LogP) is 2.53. The van der Waals surface area contributed by atoms with Gasteiger partial charge >= 0.3 is 0 Å². The van der Waals surface area contributed by atoms with Crippen LogP contribution in [0.3, 0.4) is 0 Å². The van der Waals surface area contributed by atoms with Crippen molar-refractivity contribution in [1.29, 1.82) is 0 Å². The minimum Gasteiger partial charge on any atom is -0.397 e. The lowest BCUT2D eigenvalue weighted by atomic mass is 10.2. The lowest BCUT2D eigenvalue weighted by molar-refractivity contribution is 0.767. The van der Waals surface area contributed by atoms with E-state index >= 15 is 0 Å². The molecule has 0 bridgehead atoms. The Balaban J connectivity index is 2.53. The fourth-order valence-electron chi connectivity index (χ4n) is 1.26. The van der Waals surface area contributed by atoms with E-state index in [0.29, 0.717) is 6.04 Å². The summed E-state index contributed by atoms with van der Waals surface area (Å²) >= 11 is 1.87. The Labute approximate surface area is 95.9 Å². The number of hydrogen-bond acceptors (Lipinski definition) is 4. The monoisotopic (exact) mass is 225 g/mol. The van der Waals surface area contributed by atoms with E-state index in [4.69, 9.17) is 5.73 Å². The molecule has 15 heavy (non-hydrogen) atoms. The van der Waals surface area contributed by atoms with Gasteiger partial charge in [-0.05, 0) is 43.9 Å². The van der Waals surface area contributed by atoms with Gasteiger partial charge in [-0.15, -0.1) is 0 Å². The predicted molar refractivity (Wildman–Crippen MR) is 69.5 cm³/mol. The van der Waals surface area contributed by atoms with E-state index in [-0.39, 0.29) is 0 Å². The Morgan fingerprint density at radius 1 is 1.60 bits per heavy atom. The highest BCUT2D eigenvalue weighted by Gasteiger charge is 2.03. The SMILES string of the molecule is CSCCC(C)Nc1cc(C)c(N)cn1. The molecule has 0 amide bonds. The van der Waals surface area contributed by atoms with E-state index in [1.54, 1.807) is 6.20 Å². The molecule has 0 saturated heterocycles. The minimum atomic E-state index is 0.452. The zero-order valence-corrected chi connectivity index (χ0v) is 10.4. The van der Waals surface area contributed by atoms with Crippen LogP contribution in [0.25, 0.3) is 0 Å². The molecule has 1 aromatic heterocycles. The molecule has 0 fully saturated rings. The first kappa shape index (κ1) is 12.2. The lowest BCUT2D eigenvalue weighted by Gasteiger charge is -2.14. The number of nitrogens with one attached hydrogen (secondary N) is 1. The van der Waals surface area contributed by atoms with Crippen molar-refractivity contribution in [2.24, 2.45) is 0 Å². The summed E-state index contributed by atoms with van der Waals surface area (Å²) in [7, 11) is 0. The van der Waals surface area contributed by atoms with E-state index in [1.165, 1.54) is 5.75 Å². The molecular formula is C11H19N3S. The fourth-order valence-corrected chi connectivity index (χ4v) is 1.85. The lowest BCUT2D eigenvalue weighted by Crippen LogP contribution is -2.16. The molecule has 0 aliphatic rings. The standard InChI is InChI=1S/C11H19N3S/c1-8-6-11(13-7-10(8)12)14-9(2)4-5-15-3/h6-7,9H,4-5,12H2,1-3H3,(H,13,14). The van der Waals surface area contributed by atoms with Gasteiger partial charge in [-0.2, -0.15) is 11.8 Å². The average molecular weight is 225 g/mol. The summed E-state index contributed by atoms with van der Waals surface area (Å²) in [6.45, 7) is 4.17. The van der Waals surface area contributed by atoms with E-state index < -0.39 is 0 Å². The average Bonchev–Trinajstić information content (AvgIpc) is 2.20. The molecule has 0 aliphatic heterocycles. The van der Waals surface area contributed by atoms with Crippen LogP contribution in [0.4, 0.5) is 11.5 Å². The van der Waals surface area contributed by atoms with Crippen molar-refractivity contribution < 1.29 is 0 Å². The van der Waals surface area contributed by atoms with Crippen molar-refractivity contribution in [2.45, 2.75) is 26.3 Å². The maximum atomic E-state index is 5.71. The van der Waals surface area contributed by atoms with Crippen LogP contribution in [0, 0.1) is 6.92 Å². The van der Waals surface area contributed by atoms with Crippen molar-refractivity contribution in [3.63, 3.8) is 0 Å². The Kier molecular flexibility index (Phi) is 4.75. The summed E-state index contributed by atoms with van der Waals surface area (Å²) in [6.07, 6.45) is 4.98. The van der Waals surface area contributed by atoms with E-state index in [0.717, 1.165) is 23.5 Å². The van der Waals surface area contributed by atoms with Gasteiger partial charge in [-0.1, -0.05) is 0 Å². The smallest absolute Gasteiger partial charge is 0.126 e. The first-order chi connectivity index (χ1) is 7.13. The molecule has 1 rings (SSSR count). The van der Waals surface area contributed by atoms with Crippen LogP contribution in [0.5, 0.6) is 0 Å². The van der Waals surface area contributed by atoms with Crippen molar-refractivity contribution in [3.05, 3.63) is 17.8 Å². The summed E-state index contributed by atoms with van der Waals surface area (Å²) in [6, 6.07) is 2.44. The third-order valence-corrected chi connectivity index (χ3v) is 2.94. The Morgan fingerprint density at radius 2 is 2.33 bits per heavy atom. The Morgan fingerprint density at radius 3 is 2.93 bits per heavy atom. The van der Waals surface area contributed by atoms with Gasteiger partial charge in [0.1, 0.15) is 5.82 Å². The van der Waals surface area contributed by atoms with Crippen LogP contribution in [-0.4, -0.2) is 23.0 Å². The molecule has 0 saturated carbocycles. The van der Waals surface area contributed by atoms with Gasteiger partial charge in [0.2, 0.25) is 0 Å².